The van der Waals surface area contributed by atoms with Crippen LogP contribution in [0, 0.1) is 11.8 Å². The molecule has 4 unspecified atom stereocenters. The second-order valence-corrected chi connectivity index (χ2v) is 7.09. The topological polar surface area (TPSA) is 32.5 Å². The minimum absolute atomic E-state index is 0.373. The van der Waals surface area contributed by atoms with Crippen molar-refractivity contribution in [1.82, 2.24) is 9.80 Å². The van der Waals surface area contributed by atoms with E-state index in [1.54, 1.807) is 0 Å². The molecule has 3 nitrogen and oxygen atoms in total. The smallest absolute Gasteiger partial charge is 0.0363 e. The van der Waals surface area contributed by atoms with Crippen LogP contribution in [-0.2, 0) is 0 Å². The van der Waals surface area contributed by atoms with Gasteiger partial charge in [0.2, 0.25) is 0 Å². The molecule has 1 aliphatic heterocycles. The van der Waals surface area contributed by atoms with Gasteiger partial charge in [0, 0.05) is 24.7 Å². The number of nitrogens with two attached hydrogens (primary N) is 1. The van der Waals surface area contributed by atoms with Crippen LogP contribution in [0.2, 0.25) is 0 Å². The van der Waals surface area contributed by atoms with Crippen molar-refractivity contribution in [2.45, 2.75) is 50.1 Å². The van der Waals surface area contributed by atoms with E-state index in [0.717, 1.165) is 24.4 Å². The summed E-state index contributed by atoms with van der Waals surface area (Å²) < 4.78 is 0. The highest BCUT2D eigenvalue weighted by Crippen LogP contribution is 2.53. The summed E-state index contributed by atoms with van der Waals surface area (Å²) in [5.41, 5.74) is 6.63. The summed E-state index contributed by atoms with van der Waals surface area (Å²) >= 11 is 0. The molecule has 18 heavy (non-hydrogen) atoms. The average molecular weight is 251 g/mol. The highest BCUT2D eigenvalue weighted by molar-refractivity contribution is 5.09. The Labute approximate surface area is 112 Å². The number of fused-ring (bicyclic) bond motifs is 2. The van der Waals surface area contributed by atoms with E-state index >= 15 is 0 Å². The summed E-state index contributed by atoms with van der Waals surface area (Å²) in [4.78, 5) is 5.19. The van der Waals surface area contributed by atoms with Crippen molar-refractivity contribution < 1.29 is 0 Å². The van der Waals surface area contributed by atoms with Gasteiger partial charge in [-0.2, -0.15) is 0 Å². The number of piperidine rings is 1. The van der Waals surface area contributed by atoms with Crippen molar-refractivity contribution in [3.63, 3.8) is 0 Å². The number of hydrogen-bond acceptors (Lipinski definition) is 3. The number of likely N-dealkylation sites (tertiary alicyclic amines) is 1. The van der Waals surface area contributed by atoms with E-state index in [1.807, 2.05) is 0 Å². The van der Waals surface area contributed by atoms with Crippen LogP contribution in [0.3, 0.4) is 0 Å². The zero-order valence-electron chi connectivity index (χ0n) is 12.1. The number of hydrogen-bond donors (Lipinski definition) is 1. The number of nitrogens with zero attached hydrogens (tertiary/aromatic N) is 2. The van der Waals surface area contributed by atoms with E-state index in [0.29, 0.717) is 5.54 Å². The van der Waals surface area contributed by atoms with Gasteiger partial charge in [-0.1, -0.05) is 6.42 Å². The van der Waals surface area contributed by atoms with Gasteiger partial charge < -0.3 is 10.6 Å². The van der Waals surface area contributed by atoms with Crippen molar-refractivity contribution in [3.8, 4) is 0 Å². The maximum absolute atomic E-state index is 6.25. The zero-order chi connectivity index (χ0) is 12.8. The lowest BCUT2D eigenvalue weighted by molar-refractivity contribution is 0.000197. The minimum Gasteiger partial charge on any atom is -0.329 e. The fourth-order valence-corrected chi connectivity index (χ4v) is 4.96. The molecule has 3 fully saturated rings. The molecule has 0 spiro atoms. The Kier molecular flexibility index (Phi) is 3.41. The predicted octanol–water partition coefficient (Wildman–Crippen LogP) is 1.53. The summed E-state index contributed by atoms with van der Waals surface area (Å²) in [6.45, 7) is 3.41. The zero-order valence-corrected chi connectivity index (χ0v) is 12.1. The highest BCUT2D eigenvalue weighted by atomic mass is 15.3. The second-order valence-electron chi connectivity index (χ2n) is 7.09. The summed E-state index contributed by atoms with van der Waals surface area (Å²) in [5.74, 6) is 1.88. The second kappa shape index (κ2) is 4.77. The van der Waals surface area contributed by atoms with E-state index in [4.69, 9.17) is 5.73 Å². The molecule has 3 aliphatic rings. The van der Waals surface area contributed by atoms with Crippen molar-refractivity contribution >= 4 is 0 Å². The lowest BCUT2D eigenvalue weighted by Crippen LogP contribution is -2.61. The molecule has 0 radical (unpaired) electrons. The van der Waals surface area contributed by atoms with E-state index in [2.05, 4.69) is 23.9 Å². The normalized spacial score (nSPS) is 45.0. The molecule has 2 bridgehead atoms. The molecule has 1 heterocycles. The van der Waals surface area contributed by atoms with Gasteiger partial charge in [-0.25, -0.2) is 0 Å². The minimum atomic E-state index is 0.373. The monoisotopic (exact) mass is 251 g/mol. The van der Waals surface area contributed by atoms with E-state index in [-0.39, 0.29) is 0 Å². The largest absolute Gasteiger partial charge is 0.329 e. The molecular weight excluding hydrogens is 222 g/mol. The van der Waals surface area contributed by atoms with E-state index in [9.17, 15) is 0 Å². The average Bonchev–Trinajstić information content (AvgIpc) is 2.99. The van der Waals surface area contributed by atoms with Crippen LogP contribution in [0.25, 0.3) is 0 Å². The highest BCUT2D eigenvalue weighted by Gasteiger charge is 2.53. The standard InChI is InChI=1S/C15H29N3/c1-17(2)14-4-3-7-18(10-14)15(11-16)9-12-5-6-13(15)8-12/h12-14H,3-11,16H2,1-2H3. The van der Waals surface area contributed by atoms with E-state index < -0.39 is 0 Å². The quantitative estimate of drug-likeness (QED) is 0.825. The molecule has 1 saturated heterocycles. The first-order valence-corrected chi connectivity index (χ1v) is 7.77. The molecule has 2 saturated carbocycles. The summed E-state index contributed by atoms with van der Waals surface area (Å²) in [7, 11) is 4.45. The maximum Gasteiger partial charge on any atom is 0.0363 e. The van der Waals surface area contributed by atoms with Crippen LogP contribution in [0.15, 0.2) is 0 Å². The van der Waals surface area contributed by atoms with Gasteiger partial charge >= 0.3 is 0 Å². The molecule has 0 amide bonds. The Morgan fingerprint density at radius 3 is 2.67 bits per heavy atom. The Balaban J connectivity index is 1.76. The van der Waals surface area contributed by atoms with Gasteiger partial charge in [0.1, 0.15) is 0 Å². The van der Waals surface area contributed by atoms with Gasteiger partial charge in [0.05, 0.1) is 0 Å². The maximum atomic E-state index is 6.25. The first kappa shape index (κ1) is 12.9. The van der Waals surface area contributed by atoms with Crippen LogP contribution in [0.1, 0.15) is 38.5 Å². The van der Waals surface area contributed by atoms with Crippen LogP contribution < -0.4 is 5.73 Å². The molecule has 2 aliphatic carbocycles. The van der Waals surface area contributed by atoms with E-state index in [1.165, 1.54) is 51.6 Å². The van der Waals surface area contributed by atoms with Gasteiger partial charge in [-0.3, -0.25) is 4.90 Å². The molecule has 0 aromatic carbocycles. The molecule has 0 aromatic rings. The summed E-state index contributed by atoms with van der Waals surface area (Å²) in [6.07, 6.45) is 8.46. The Morgan fingerprint density at radius 1 is 1.28 bits per heavy atom. The SMILES string of the molecule is CN(C)C1CCCN(C2(CN)CC3CCC2C3)C1. The third kappa shape index (κ3) is 1.91. The van der Waals surface area contributed by atoms with Crippen LogP contribution in [0.4, 0.5) is 0 Å². The van der Waals surface area contributed by atoms with Crippen molar-refractivity contribution in [2.24, 2.45) is 17.6 Å². The fourth-order valence-electron chi connectivity index (χ4n) is 4.96. The van der Waals surface area contributed by atoms with Crippen molar-refractivity contribution in [2.75, 3.05) is 33.7 Å². The van der Waals surface area contributed by atoms with Crippen LogP contribution in [0.5, 0.6) is 0 Å². The van der Waals surface area contributed by atoms with Gasteiger partial charge in [-0.15, -0.1) is 0 Å². The molecule has 3 rings (SSSR count). The predicted molar refractivity (Wildman–Crippen MR) is 75.5 cm³/mol. The van der Waals surface area contributed by atoms with Gasteiger partial charge in [-0.05, 0) is 64.6 Å². The van der Waals surface area contributed by atoms with Gasteiger partial charge in [0.15, 0.2) is 0 Å². The molecule has 0 aromatic heterocycles. The Bertz CT molecular complexity index is 304. The van der Waals surface area contributed by atoms with Crippen molar-refractivity contribution in [3.05, 3.63) is 0 Å². The molecular formula is C15H29N3. The summed E-state index contributed by atoms with van der Waals surface area (Å²) in [5, 5.41) is 0. The number of likely N-dealkylation sites (N-methyl/N-ethyl adjacent to an activating group) is 1. The third-order valence-corrected chi connectivity index (χ3v) is 6.05. The molecule has 104 valence electrons. The third-order valence-electron chi connectivity index (χ3n) is 6.05. The van der Waals surface area contributed by atoms with Crippen molar-refractivity contribution in [1.29, 1.82) is 0 Å². The Hall–Kier alpha value is -0.120. The lowest BCUT2D eigenvalue weighted by atomic mass is 9.78. The number of rotatable bonds is 3. The molecule has 2 N–H and O–H groups in total. The fraction of sp³-hybridized carbons (Fsp3) is 1.00. The lowest BCUT2D eigenvalue weighted by Gasteiger charge is -2.50. The Morgan fingerprint density at radius 2 is 2.11 bits per heavy atom. The first-order chi connectivity index (χ1) is 8.65. The van der Waals surface area contributed by atoms with Crippen LogP contribution in [-0.4, -0.2) is 55.1 Å². The van der Waals surface area contributed by atoms with Crippen LogP contribution >= 0.6 is 0 Å². The molecule has 3 heteroatoms. The molecule has 4 atom stereocenters. The van der Waals surface area contributed by atoms with Gasteiger partial charge in [0.25, 0.3) is 0 Å². The summed E-state index contributed by atoms with van der Waals surface area (Å²) in [6, 6.07) is 0.737. The first-order valence-electron chi connectivity index (χ1n) is 7.77.